The van der Waals surface area contributed by atoms with Gasteiger partial charge in [0.25, 0.3) is 5.89 Å². The summed E-state index contributed by atoms with van der Waals surface area (Å²) in [6, 6.07) is 9.94. The summed E-state index contributed by atoms with van der Waals surface area (Å²) in [5, 5.41) is 21.1. The average molecular weight is 419 g/mol. The van der Waals surface area contributed by atoms with Crippen LogP contribution in [0.3, 0.4) is 0 Å². The molecule has 0 bridgehead atoms. The molecule has 3 aromatic heterocycles. The number of hydrogen-bond acceptors (Lipinski definition) is 8. The van der Waals surface area contributed by atoms with Crippen molar-refractivity contribution in [2.24, 2.45) is 0 Å². The summed E-state index contributed by atoms with van der Waals surface area (Å²) in [7, 11) is 0. The third-order valence-corrected chi connectivity index (χ3v) is 5.29. The summed E-state index contributed by atoms with van der Waals surface area (Å²) < 4.78 is 21.5. The number of thiol groups is 1. The minimum Gasteiger partial charge on any atom is -0.334 e. The van der Waals surface area contributed by atoms with Crippen LogP contribution < -0.4 is 0 Å². The van der Waals surface area contributed by atoms with Gasteiger partial charge in [0, 0.05) is 24.0 Å². The first kappa shape index (κ1) is 18.4. The van der Waals surface area contributed by atoms with Crippen molar-refractivity contribution in [1.29, 1.82) is 5.26 Å². The molecule has 1 aromatic carbocycles. The first-order chi connectivity index (χ1) is 14.7. The molecule has 1 aliphatic rings. The SMILES string of the molecule is N#Cc1ccc(F)c(-c2nc(C(S)c3nnc(-c4ccncc4)n3C3CC3)no2)c1. The van der Waals surface area contributed by atoms with E-state index in [2.05, 4.69) is 38.0 Å². The van der Waals surface area contributed by atoms with Gasteiger partial charge in [0.2, 0.25) is 0 Å². The van der Waals surface area contributed by atoms with Crippen molar-refractivity contribution in [3.8, 4) is 28.9 Å². The topological polar surface area (TPSA) is 106 Å². The highest BCUT2D eigenvalue weighted by atomic mass is 32.1. The van der Waals surface area contributed by atoms with Gasteiger partial charge in [0.15, 0.2) is 17.5 Å². The third kappa shape index (κ3) is 3.23. The highest BCUT2D eigenvalue weighted by Crippen LogP contribution is 2.41. The Morgan fingerprint density at radius 3 is 2.73 bits per heavy atom. The Labute approximate surface area is 175 Å². The number of nitrogens with zero attached hydrogens (tertiary/aromatic N) is 7. The highest BCUT2D eigenvalue weighted by molar-refractivity contribution is 7.80. The lowest BCUT2D eigenvalue weighted by molar-refractivity contribution is 0.420. The number of rotatable bonds is 5. The molecule has 0 radical (unpaired) electrons. The van der Waals surface area contributed by atoms with Crippen molar-refractivity contribution in [2.45, 2.75) is 24.1 Å². The number of nitriles is 1. The Morgan fingerprint density at radius 2 is 2.00 bits per heavy atom. The van der Waals surface area contributed by atoms with E-state index in [1.54, 1.807) is 12.4 Å². The summed E-state index contributed by atoms with van der Waals surface area (Å²) in [6.07, 6.45) is 5.45. The van der Waals surface area contributed by atoms with Crippen molar-refractivity contribution in [3.05, 3.63) is 65.8 Å². The molecule has 0 N–H and O–H groups in total. The Balaban J connectivity index is 1.52. The summed E-state index contributed by atoms with van der Waals surface area (Å²) in [6.45, 7) is 0. The van der Waals surface area contributed by atoms with Crippen LogP contribution in [0.2, 0.25) is 0 Å². The molecule has 4 aromatic rings. The van der Waals surface area contributed by atoms with Gasteiger partial charge in [-0.2, -0.15) is 22.9 Å². The molecule has 1 fully saturated rings. The maximum atomic E-state index is 14.2. The molecule has 1 saturated carbocycles. The first-order valence-electron chi connectivity index (χ1n) is 9.22. The van der Waals surface area contributed by atoms with Crippen molar-refractivity contribution in [2.75, 3.05) is 0 Å². The Bertz CT molecular complexity index is 1260. The van der Waals surface area contributed by atoms with Crippen molar-refractivity contribution >= 4 is 12.6 Å². The summed E-state index contributed by atoms with van der Waals surface area (Å²) in [5.41, 5.74) is 1.26. The van der Waals surface area contributed by atoms with E-state index >= 15 is 0 Å². The van der Waals surface area contributed by atoms with Gasteiger partial charge in [0.1, 0.15) is 11.1 Å². The van der Waals surface area contributed by atoms with Crippen molar-refractivity contribution in [3.63, 3.8) is 0 Å². The fraction of sp³-hybridized carbons (Fsp3) is 0.200. The Hall–Kier alpha value is -3.58. The van der Waals surface area contributed by atoms with Crippen LogP contribution in [0.4, 0.5) is 4.39 Å². The van der Waals surface area contributed by atoms with E-state index in [1.165, 1.54) is 18.2 Å². The molecule has 0 amide bonds. The molecule has 1 aliphatic carbocycles. The summed E-state index contributed by atoms with van der Waals surface area (Å²) in [4.78, 5) is 8.35. The van der Waals surface area contributed by atoms with Crippen LogP contribution in [0.5, 0.6) is 0 Å². The van der Waals surface area contributed by atoms with Crippen LogP contribution in [-0.2, 0) is 0 Å². The fourth-order valence-corrected chi connectivity index (χ4v) is 3.49. The zero-order chi connectivity index (χ0) is 20.7. The number of halogens is 1. The first-order valence-corrected chi connectivity index (χ1v) is 9.74. The van der Waals surface area contributed by atoms with Crippen LogP contribution in [0.15, 0.2) is 47.2 Å². The number of aromatic nitrogens is 6. The highest BCUT2D eigenvalue weighted by Gasteiger charge is 2.33. The van der Waals surface area contributed by atoms with E-state index in [4.69, 9.17) is 9.78 Å². The molecule has 0 saturated heterocycles. The summed E-state index contributed by atoms with van der Waals surface area (Å²) in [5.74, 6) is 0.980. The quantitative estimate of drug-likeness (QED) is 0.491. The van der Waals surface area contributed by atoms with Gasteiger partial charge in [-0.05, 0) is 43.2 Å². The molecular formula is C20H14FN7OS. The molecule has 10 heteroatoms. The van der Waals surface area contributed by atoms with Crippen LogP contribution in [0, 0.1) is 17.1 Å². The third-order valence-electron chi connectivity index (χ3n) is 4.83. The molecule has 8 nitrogen and oxygen atoms in total. The fourth-order valence-electron chi connectivity index (χ4n) is 3.21. The molecule has 5 rings (SSSR count). The molecule has 3 heterocycles. The second kappa shape index (κ2) is 7.35. The standard InChI is InChI=1S/C20H14FN7OS/c21-15-4-1-11(10-22)9-14(15)20-24-17(27-29-20)16(30)19-26-25-18(28(19)13-2-3-13)12-5-7-23-8-6-12/h1,4-9,13,16,30H,2-3H2. The normalized spacial score (nSPS) is 14.4. The van der Waals surface area contributed by atoms with Gasteiger partial charge in [-0.3, -0.25) is 4.98 Å². The maximum Gasteiger partial charge on any atom is 0.260 e. The van der Waals surface area contributed by atoms with E-state index in [9.17, 15) is 4.39 Å². The van der Waals surface area contributed by atoms with Gasteiger partial charge >= 0.3 is 0 Å². The molecule has 0 spiro atoms. The van der Waals surface area contributed by atoms with Gasteiger partial charge in [-0.15, -0.1) is 10.2 Å². The molecule has 1 unspecified atom stereocenters. The Kier molecular flexibility index (Phi) is 4.52. The van der Waals surface area contributed by atoms with Crippen LogP contribution in [0.25, 0.3) is 22.8 Å². The maximum absolute atomic E-state index is 14.2. The monoisotopic (exact) mass is 419 g/mol. The zero-order valence-corrected chi connectivity index (χ0v) is 16.4. The predicted octanol–water partition coefficient (Wildman–Crippen LogP) is 3.75. The number of hydrogen-bond donors (Lipinski definition) is 1. The molecule has 148 valence electrons. The van der Waals surface area contributed by atoms with E-state index < -0.39 is 11.1 Å². The molecular weight excluding hydrogens is 405 g/mol. The van der Waals surface area contributed by atoms with Gasteiger partial charge in [0.05, 0.1) is 17.2 Å². The van der Waals surface area contributed by atoms with Gasteiger partial charge in [-0.25, -0.2) is 4.39 Å². The largest absolute Gasteiger partial charge is 0.334 e. The van der Waals surface area contributed by atoms with E-state index in [-0.39, 0.29) is 23.3 Å². The lowest BCUT2D eigenvalue weighted by Gasteiger charge is -2.11. The smallest absolute Gasteiger partial charge is 0.260 e. The Morgan fingerprint density at radius 1 is 1.20 bits per heavy atom. The lowest BCUT2D eigenvalue weighted by Crippen LogP contribution is -2.08. The summed E-state index contributed by atoms with van der Waals surface area (Å²) >= 11 is 4.65. The average Bonchev–Trinajstić information content (AvgIpc) is 3.33. The predicted molar refractivity (Wildman–Crippen MR) is 107 cm³/mol. The van der Waals surface area contributed by atoms with Crippen LogP contribution in [-0.4, -0.2) is 29.9 Å². The second-order valence-electron chi connectivity index (χ2n) is 6.89. The molecule has 1 atom stereocenters. The lowest BCUT2D eigenvalue weighted by atomic mass is 10.1. The van der Waals surface area contributed by atoms with E-state index in [1.807, 2.05) is 22.8 Å². The molecule has 30 heavy (non-hydrogen) atoms. The van der Waals surface area contributed by atoms with Gasteiger partial charge in [-0.1, -0.05) is 5.16 Å². The molecule has 0 aliphatic heterocycles. The minimum absolute atomic E-state index is 0.0227. The van der Waals surface area contributed by atoms with Crippen LogP contribution >= 0.6 is 12.6 Å². The second-order valence-corrected chi connectivity index (χ2v) is 7.40. The zero-order valence-electron chi connectivity index (χ0n) is 15.5. The van der Waals surface area contributed by atoms with Gasteiger partial charge < -0.3 is 9.09 Å². The minimum atomic E-state index is -0.617. The van der Waals surface area contributed by atoms with Crippen molar-refractivity contribution in [1.82, 2.24) is 29.9 Å². The number of benzene rings is 1. The van der Waals surface area contributed by atoms with Crippen LogP contribution in [0.1, 0.15) is 41.3 Å². The number of pyridine rings is 1. The van der Waals surface area contributed by atoms with E-state index in [0.29, 0.717) is 11.4 Å². The van der Waals surface area contributed by atoms with E-state index in [0.717, 1.165) is 24.2 Å². The van der Waals surface area contributed by atoms with Crippen molar-refractivity contribution < 1.29 is 8.91 Å².